The fourth-order valence-corrected chi connectivity index (χ4v) is 2.43. The third-order valence-corrected chi connectivity index (χ3v) is 3.51. The number of methoxy groups -OCH3 is 1. The Kier molecular flexibility index (Phi) is 4.43. The van der Waals surface area contributed by atoms with Gasteiger partial charge in [-0.3, -0.25) is 5.73 Å². The van der Waals surface area contributed by atoms with Gasteiger partial charge in [0.15, 0.2) is 0 Å². The fourth-order valence-electron chi connectivity index (χ4n) is 2.43. The molecule has 1 heterocycles. The van der Waals surface area contributed by atoms with E-state index in [1.807, 2.05) is 34.9 Å². The summed E-state index contributed by atoms with van der Waals surface area (Å²) in [5, 5.41) is 0. The third-order valence-electron chi connectivity index (χ3n) is 3.51. The molecule has 1 aliphatic rings. The molecule has 108 valence electrons. The van der Waals surface area contributed by atoms with Crippen LogP contribution in [0.4, 0.5) is 5.69 Å². The van der Waals surface area contributed by atoms with Gasteiger partial charge in [-0.15, -0.1) is 0 Å². The molecule has 2 N–H and O–H groups in total. The lowest BCUT2D eigenvalue weighted by atomic mass is 10.1. The van der Waals surface area contributed by atoms with Crippen molar-refractivity contribution in [2.75, 3.05) is 7.11 Å². The van der Waals surface area contributed by atoms with E-state index in [2.05, 4.69) is 6.07 Å². The summed E-state index contributed by atoms with van der Waals surface area (Å²) in [5.74, 6) is 0.407. The number of hydrogen-bond donors (Lipinski definition) is 1. The summed E-state index contributed by atoms with van der Waals surface area (Å²) >= 11 is 0. The van der Waals surface area contributed by atoms with E-state index in [-0.39, 0.29) is 23.0 Å². The maximum Gasteiger partial charge on any atom is 0.337 e. The number of ether oxygens (including phenoxy) is 1. The van der Waals surface area contributed by atoms with Crippen LogP contribution in [0.1, 0.15) is 21.5 Å². The van der Waals surface area contributed by atoms with Crippen LogP contribution in [-0.2, 0) is 11.3 Å². The zero-order valence-corrected chi connectivity index (χ0v) is 13.1. The van der Waals surface area contributed by atoms with Crippen molar-refractivity contribution >= 4 is 17.5 Å². The Morgan fingerprint density at radius 3 is 2.43 bits per heavy atom. The number of fused-ring (bicyclic) bond motifs is 1. The molecule has 0 amide bonds. The summed E-state index contributed by atoms with van der Waals surface area (Å²) in [5.41, 5.74) is 9.98. The molecule has 2 aromatic rings. The minimum atomic E-state index is -0.335. The maximum absolute atomic E-state index is 11.4. The molecule has 0 aliphatic carbocycles. The first-order chi connectivity index (χ1) is 9.70. The highest BCUT2D eigenvalue weighted by atomic mass is 79.9. The maximum atomic E-state index is 11.4. The molecule has 3 rings (SSSR count). The molecular weight excluding hydrogens is 332 g/mol. The molecule has 0 aromatic heterocycles. The number of nitrogens with zero attached hydrogens (tertiary/aromatic N) is 1. The van der Waals surface area contributed by atoms with Gasteiger partial charge in [-0.1, -0.05) is 18.2 Å². The monoisotopic (exact) mass is 346 g/mol. The Hall–Kier alpha value is -2.14. The van der Waals surface area contributed by atoms with Crippen molar-refractivity contribution in [2.24, 2.45) is 5.73 Å². The van der Waals surface area contributed by atoms with Crippen molar-refractivity contribution in [2.45, 2.75) is 6.54 Å². The van der Waals surface area contributed by atoms with Crippen LogP contribution < -0.4 is 22.7 Å². The van der Waals surface area contributed by atoms with E-state index in [4.69, 9.17) is 10.5 Å². The Labute approximate surface area is 133 Å². The van der Waals surface area contributed by atoms with Crippen molar-refractivity contribution in [3.05, 3.63) is 65.2 Å². The standard InChI is InChI=1S/C16H14N2O2.BrH/c1-20-16(19)11-6-8-13(9-7-11)18-10-12-4-2-3-5-14(12)15(18)17;/h2-9,17H,10H2,1H3;1H. The molecule has 0 bridgehead atoms. The summed E-state index contributed by atoms with van der Waals surface area (Å²) in [7, 11) is 1.37. The van der Waals surface area contributed by atoms with E-state index in [1.54, 1.807) is 12.1 Å². The number of rotatable bonds is 2. The zero-order valence-electron chi connectivity index (χ0n) is 11.5. The first kappa shape index (κ1) is 15.3. The van der Waals surface area contributed by atoms with Crippen LogP contribution >= 0.6 is 0 Å². The van der Waals surface area contributed by atoms with Gasteiger partial charge in [0.2, 0.25) is 0 Å². The molecule has 21 heavy (non-hydrogen) atoms. The predicted octanol–water partition coefficient (Wildman–Crippen LogP) is -0.960. The largest absolute Gasteiger partial charge is 1.00 e. The van der Waals surface area contributed by atoms with E-state index in [1.165, 1.54) is 12.7 Å². The van der Waals surface area contributed by atoms with Crippen molar-refractivity contribution < 1.29 is 31.1 Å². The first-order valence-electron chi connectivity index (χ1n) is 6.37. The zero-order chi connectivity index (χ0) is 14.1. The number of carbonyl (C=O) groups excluding carboxylic acids is 1. The number of carbonyl (C=O) groups is 1. The van der Waals surface area contributed by atoms with E-state index in [0.717, 1.165) is 23.6 Å². The summed E-state index contributed by atoms with van der Waals surface area (Å²) in [6, 6.07) is 15.3. The number of nitrogens with two attached hydrogens (primary N) is 1. The van der Waals surface area contributed by atoms with Gasteiger partial charge in [-0.2, -0.15) is 0 Å². The van der Waals surface area contributed by atoms with Crippen molar-refractivity contribution in [1.82, 2.24) is 0 Å². The Balaban J connectivity index is 0.00000161. The summed E-state index contributed by atoms with van der Waals surface area (Å²) in [4.78, 5) is 11.4. The van der Waals surface area contributed by atoms with Gasteiger partial charge in [0.05, 0.1) is 18.2 Å². The Morgan fingerprint density at radius 1 is 1.14 bits per heavy atom. The van der Waals surface area contributed by atoms with E-state index in [0.29, 0.717) is 5.56 Å². The molecule has 0 unspecified atom stereocenters. The molecule has 0 atom stereocenters. The smallest absolute Gasteiger partial charge is 0.337 e. The Morgan fingerprint density at radius 2 is 1.81 bits per heavy atom. The van der Waals surface area contributed by atoms with Crippen molar-refractivity contribution in [3.8, 4) is 0 Å². The lowest BCUT2D eigenvalue weighted by Crippen LogP contribution is -3.00. The molecule has 2 aromatic carbocycles. The number of amidine groups is 1. The summed E-state index contributed by atoms with van der Waals surface area (Å²) < 4.78 is 6.72. The second-order valence-electron chi connectivity index (χ2n) is 4.67. The van der Waals surface area contributed by atoms with Crippen LogP contribution in [0.25, 0.3) is 0 Å². The van der Waals surface area contributed by atoms with Crippen molar-refractivity contribution in [1.29, 1.82) is 0 Å². The highest BCUT2D eigenvalue weighted by Crippen LogP contribution is 2.24. The molecule has 0 fully saturated rings. The van der Waals surface area contributed by atoms with Gasteiger partial charge in [0.1, 0.15) is 12.2 Å². The van der Waals surface area contributed by atoms with Crippen LogP contribution in [0.15, 0.2) is 48.5 Å². The van der Waals surface area contributed by atoms with E-state index >= 15 is 0 Å². The third kappa shape index (κ3) is 2.69. The van der Waals surface area contributed by atoms with Crippen LogP contribution in [0, 0.1) is 0 Å². The molecule has 4 nitrogen and oxygen atoms in total. The van der Waals surface area contributed by atoms with Gasteiger partial charge in [-0.05, 0) is 30.3 Å². The SMILES string of the molecule is COC(=O)c1ccc([N+]2=C(N)c3ccccc3C2)cc1.[Br-]. The lowest BCUT2D eigenvalue weighted by molar-refractivity contribution is -0.453. The van der Waals surface area contributed by atoms with Crippen LogP contribution in [-0.4, -0.2) is 23.5 Å². The normalized spacial score (nSPS) is 12.6. The van der Waals surface area contributed by atoms with E-state index < -0.39 is 0 Å². The number of halogens is 1. The number of hydrogen-bond acceptors (Lipinski definition) is 3. The average molecular weight is 347 g/mol. The number of benzene rings is 2. The molecule has 0 saturated heterocycles. The van der Waals surface area contributed by atoms with Crippen LogP contribution in [0.2, 0.25) is 0 Å². The minimum Gasteiger partial charge on any atom is -1.00 e. The Bertz CT molecular complexity index is 708. The fraction of sp³-hybridized carbons (Fsp3) is 0.125. The van der Waals surface area contributed by atoms with Gasteiger partial charge >= 0.3 is 5.97 Å². The van der Waals surface area contributed by atoms with Gasteiger partial charge in [-0.25, -0.2) is 9.37 Å². The van der Waals surface area contributed by atoms with Crippen LogP contribution in [0.5, 0.6) is 0 Å². The van der Waals surface area contributed by atoms with Gasteiger partial charge in [0.25, 0.3) is 5.84 Å². The quantitative estimate of drug-likeness (QED) is 0.563. The minimum absolute atomic E-state index is 0. The first-order valence-corrected chi connectivity index (χ1v) is 6.37. The molecule has 1 aliphatic heterocycles. The molecule has 5 heteroatoms. The summed E-state index contributed by atoms with van der Waals surface area (Å²) in [6.45, 7) is 0.750. The highest BCUT2D eigenvalue weighted by molar-refractivity contribution is 5.97. The molecule has 0 radical (unpaired) electrons. The van der Waals surface area contributed by atoms with Gasteiger partial charge < -0.3 is 21.7 Å². The number of esters is 1. The topological polar surface area (TPSA) is 55.3 Å². The summed E-state index contributed by atoms with van der Waals surface area (Å²) in [6.07, 6.45) is 0. The van der Waals surface area contributed by atoms with Crippen molar-refractivity contribution in [3.63, 3.8) is 0 Å². The molecular formula is C16H15BrN2O2. The lowest BCUT2D eigenvalue weighted by Gasteiger charge is -2.04. The molecule has 0 spiro atoms. The predicted molar refractivity (Wildman–Crippen MR) is 76.1 cm³/mol. The molecule has 0 saturated carbocycles. The van der Waals surface area contributed by atoms with Crippen LogP contribution in [0.3, 0.4) is 0 Å². The van der Waals surface area contributed by atoms with E-state index in [9.17, 15) is 4.79 Å². The second-order valence-corrected chi connectivity index (χ2v) is 4.67. The highest BCUT2D eigenvalue weighted by Gasteiger charge is 2.25. The van der Waals surface area contributed by atoms with Gasteiger partial charge in [0, 0.05) is 5.56 Å². The average Bonchev–Trinajstić information content (AvgIpc) is 2.84. The second kappa shape index (κ2) is 6.10.